The van der Waals surface area contributed by atoms with Gasteiger partial charge in [0, 0.05) is 34.9 Å². The second-order valence-electron chi connectivity index (χ2n) is 9.11. The Morgan fingerprint density at radius 1 is 1.03 bits per heavy atom. The third-order valence-corrected chi connectivity index (χ3v) is 10.0. The van der Waals surface area contributed by atoms with Crippen LogP contribution in [0.4, 0.5) is 15.8 Å². The van der Waals surface area contributed by atoms with Crippen LogP contribution in [0.25, 0.3) is 0 Å². The first-order valence-corrected chi connectivity index (χ1v) is 16.2. The molecular weight excluding hydrogens is 656 g/mol. The number of ether oxygens (including phenoxy) is 1. The Bertz CT molecular complexity index is 1600. The van der Waals surface area contributed by atoms with Crippen molar-refractivity contribution < 1.29 is 26.0 Å². The first-order chi connectivity index (χ1) is 18.2. The van der Waals surface area contributed by atoms with E-state index in [1.165, 1.54) is 48.5 Å². The average Bonchev–Trinajstić information content (AvgIpc) is 2.83. The van der Waals surface area contributed by atoms with Gasteiger partial charge in [0.25, 0.3) is 20.0 Å². The second-order valence-corrected chi connectivity index (χ2v) is 14.2. The highest BCUT2D eigenvalue weighted by Gasteiger charge is 2.26. The van der Waals surface area contributed by atoms with Crippen molar-refractivity contribution in [1.29, 1.82) is 0 Å². The quantitative estimate of drug-likeness (QED) is 0.301. The first-order valence-electron chi connectivity index (χ1n) is 11.7. The maximum Gasteiger partial charge on any atom is 0.262 e. The molecule has 1 atom stereocenters. The number of aryl methyl sites for hydroxylation is 1. The van der Waals surface area contributed by atoms with Crippen molar-refractivity contribution in [1.82, 2.24) is 4.90 Å². The van der Waals surface area contributed by atoms with Gasteiger partial charge in [-0.25, -0.2) is 21.2 Å². The normalized spacial score (nSPS) is 16.7. The van der Waals surface area contributed by atoms with E-state index in [0.717, 1.165) is 0 Å². The summed E-state index contributed by atoms with van der Waals surface area (Å²) in [6.45, 7) is 5.28. The molecule has 0 spiro atoms. The highest BCUT2D eigenvalue weighted by molar-refractivity contribution is 9.10. The van der Waals surface area contributed by atoms with Gasteiger partial charge < -0.3 is 4.74 Å². The highest BCUT2D eigenvalue weighted by atomic mass is 79.9. The Balaban J connectivity index is 1.73. The average molecular weight is 681 g/mol. The molecule has 0 saturated carbocycles. The van der Waals surface area contributed by atoms with Crippen LogP contribution in [0.15, 0.2) is 62.8 Å². The third kappa shape index (κ3) is 7.24. The number of morpholine rings is 1. The number of anilines is 2. The fraction of sp³-hybridized carbons (Fsp3) is 0.280. The predicted molar refractivity (Wildman–Crippen MR) is 154 cm³/mol. The van der Waals surface area contributed by atoms with Gasteiger partial charge in [0.2, 0.25) is 0 Å². The molecule has 1 aliphatic rings. The van der Waals surface area contributed by atoms with Crippen LogP contribution in [0.3, 0.4) is 0 Å². The van der Waals surface area contributed by atoms with Crippen molar-refractivity contribution in [3.05, 3.63) is 80.0 Å². The van der Waals surface area contributed by atoms with E-state index in [2.05, 4.69) is 25.4 Å². The lowest BCUT2D eigenvalue weighted by atomic mass is 10.1. The smallest absolute Gasteiger partial charge is 0.262 e. The number of hydrogen-bond acceptors (Lipinski definition) is 6. The molecule has 2 N–H and O–H groups in total. The summed E-state index contributed by atoms with van der Waals surface area (Å²) in [6.07, 6.45) is 0. The minimum Gasteiger partial charge on any atom is -0.379 e. The van der Waals surface area contributed by atoms with E-state index in [9.17, 15) is 21.2 Å². The minimum atomic E-state index is -4.15. The molecule has 0 bridgehead atoms. The Morgan fingerprint density at radius 3 is 2.38 bits per heavy atom. The van der Waals surface area contributed by atoms with Crippen LogP contribution in [-0.2, 0) is 31.3 Å². The lowest BCUT2D eigenvalue weighted by molar-refractivity contribution is -0.00469. The summed E-state index contributed by atoms with van der Waals surface area (Å²) < 4.78 is 77.8. The molecule has 1 unspecified atom stereocenters. The molecule has 8 nitrogen and oxygen atoms in total. The molecule has 0 aromatic heterocycles. The molecule has 0 radical (unpaired) electrons. The van der Waals surface area contributed by atoms with Crippen molar-refractivity contribution in [3.8, 4) is 0 Å². The summed E-state index contributed by atoms with van der Waals surface area (Å²) >= 11 is 15.1. The summed E-state index contributed by atoms with van der Waals surface area (Å²) in [5.74, 6) is -0.518. The van der Waals surface area contributed by atoms with Crippen LogP contribution in [0, 0.1) is 12.7 Å². The van der Waals surface area contributed by atoms with E-state index in [4.69, 9.17) is 27.9 Å². The van der Waals surface area contributed by atoms with E-state index in [-0.39, 0.29) is 48.3 Å². The van der Waals surface area contributed by atoms with Gasteiger partial charge in [-0.1, -0.05) is 23.2 Å². The fourth-order valence-electron chi connectivity index (χ4n) is 4.10. The topological polar surface area (TPSA) is 105 Å². The molecule has 1 saturated heterocycles. The second kappa shape index (κ2) is 11.9. The molecule has 39 heavy (non-hydrogen) atoms. The van der Waals surface area contributed by atoms with Crippen molar-refractivity contribution in [2.45, 2.75) is 36.2 Å². The van der Waals surface area contributed by atoms with E-state index in [0.29, 0.717) is 30.9 Å². The predicted octanol–water partition coefficient (Wildman–Crippen LogP) is 6.03. The Morgan fingerprint density at radius 2 is 1.72 bits per heavy atom. The van der Waals surface area contributed by atoms with Crippen LogP contribution in [0.2, 0.25) is 10.0 Å². The zero-order valence-corrected chi connectivity index (χ0v) is 25.6. The number of benzene rings is 3. The maximum absolute atomic E-state index is 13.9. The van der Waals surface area contributed by atoms with Crippen LogP contribution in [-0.4, -0.2) is 47.5 Å². The number of nitrogens with one attached hydrogen (secondary N) is 2. The van der Waals surface area contributed by atoms with Gasteiger partial charge >= 0.3 is 0 Å². The highest BCUT2D eigenvalue weighted by Crippen LogP contribution is 2.30. The number of hydrogen-bond donors (Lipinski definition) is 2. The monoisotopic (exact) mass is 679 g/mol. The van der Waals surface area contributed by atoms with Gasteiger partial charge in [-0.2, -0.15) is 0 Å². The van der Waals surface area contributed by atoms with Crippen molar-refractivity contribution >= 4 is 70.6 Å². The first kappa shape index (κ1) is 30.0. The van der Waals surface area contributed by atoms with Crippen molar-refractivity contribution in [2.24, 2.45) is 0 Å². The van der Waals surface area contributed by atoms with Gasteiger partial charge in [0.1, 0.15) is 5.82 Å². The fourth-order valence-corrected chi connectivity index (χ4v) is 7.55. The van der Waals surface area contributed by atoms with E-state index >= 15 is 0 Å². The van der Waals surface area contributed by atoms with E-state index < -0.39 is 25.9 Å². The van der Waals surface area contributed by atoms with Crippen molar-refractivity contribution in [2.75, 3.05) is 29.2 Å². The zero-order valence-electron chi connectivity index (χ0n) is 20.8. The molecule has 1 heterocycles. The lowest BCUT2D eigenvalue weighted by Gasteiger charge is -2.33. The van der Waals surface area contributed by atoms with Crippen molar-refractivity contribution in [3.63, 3.8) is 0 Å². The Kier molecular flexibility index (Phi) is 9.16. The SMILES string of the molecule is Cc1cc(F)c(Br)cc1NS(=O)(=O)c1ccc(NS(=O)(=O)c2cc(Cl)cc(Cl)c2)cc1CN1CCOCC1C. The van der Waals surface area contributed by atoms with Crippen LogP contribution < -0.4 is 9.44 Å². The number of halogens is 4. The maximum atomic E-state index is 13.9. The summed E-state index contributed by atoms with van der Waals surface area (Å²) in [6, 6.07) is 10.7. The molecule has 3 aromatic rings. The molecule has 3 aromatic carbocycles. The number of rotatable bonds is 8. The summed E-state index contributed by atoms with van der Waals surface area (Å²) in [5.41, 5.74) is 1.12. The molecule has 14 heteroatoms. The summed E-state index contributed by atoms with van der Waals surface area (Å²) in [5, 5.41) is 0.306. The molecule has 1 fully saturated rings. The molecule has 210 valence electrons. The summed E-state index contributed by atoms with van der Waals surface area (Å²) in [7, 11) is -8.24. The Labute approximate surface area is 245 Å². The number of sulfonamides is 2. The Hall–Kier alpha value is -1.93. The van der Waals surface area contributed by atoms with E-state index in [1.807, 2.05) is 11.8 Å². The third-order valence-electron chi connectivity index (χ3n) is 6.14. The van der Waals surface area contributed by atoms with E-state index in [1.54, 1.807) is 6.92 Å². The largest absolute Gasteiger partial charge is 0.379 e. The lowest BCUT2D eigenvalue weighted by Crippen LogP contribution is -2.43. The van der Waals surface area contributed by atoms with Gasteiger partial charge in [0.05, 0.1) is 33.2 Å². The molecule has 0 amide bonds. The molecule has 0 aliphatic carbocycles. The van der Waals surface area contributed by atoms with Crippen LogP contribution in [0.5, 0.6) is 0 Å². The van der Waals surface area contributed by atoms with Gasteiger partial charge in [0.15, 0.2) is 0 Å². The standard InChI is InChI=1S/C25H25BrCl2FN3O5S2/c1-15-7-23(29)22(26)12-24(15)31-39(35,36)25-4-3-20(8-17(25)13-32-5-6-37-14-16(32)2)30-38(33,34)21-10-18(27)9-19(28)11-21/h3-4,7-12,16,30-31H,5-6,13-14H2,1-2H3. The summed E-state index contributed by atoms with van der Waals surface area (Å²) in [4.78, 5) is 1.86. The zero-order chi connectivity index (χ0) is 28.5. The minimum absolute atomic E-state index is 0.00603. The van der Waals surface area contributed by atoms with Crippen LogP contribution >= 0.6 is 39.1 Å². The van der Waals surface area contributed by atoms with Gasteiger partial charge in [-0.3, -0.25) is 14.3 Å². The van der Waals surface area contributed by atoms with Crippen LogP contribution in [0.1, 0.15) is 18.1 Å². The van der Waals surface area contributed by atoms with Gasteiger partial charge in [-0.05, 0) is 89.4 Å². The van der Waals surface area contributed by atoms with Gasteiger partial charge in [-0.15, -0.1) is 0 Å². The molecular formula is C25H25BrCl2FN3O5S2. The molecule has 1 aliphatic heterocycles. The molecule has 4 rings (SSSR count). The number of nitrogens with zero attached hydrogens (tertiary/aromatic N) is 1.